The maximum Gasteiger partial charge on any atom is 0.426 e. The van der Waals surface area contributed by atoms with Crippen molar-refractivity contribution in [3.8, 4) is 5.75 Å². The maximum atomic E-state index is 13.3. The van der Waals surface area contributed by atoms with E-state index in [1.165, 1.54) is 0 Å². The first-order valence-corrected chi connectivity index (χ1v) is 18.3. The van der Waals surface area contributed by atoms with Crippen LogP contribution in [0.15, 0.2) is 24.3 Å². The van der Waals surface area contributed by atoms with Gasteiger partial charge < -0.3 is 19.3 Å². The number of ether oxygens (including phenoxy) is 3. The zero-order chi connectivity index (χ0) is 38.1. The number of carbonyl (C=O) groups is 2. The molecule has 4 saturated carbocycles. The maximum absolute atomic E-state index is 13.3. The lowest BCUT2D eigenvalue weighted by molar-refractivity contribution is -0.260. The smallest absolute Gasteiger partial charge is 0.426 e. The van der Waals surface area contributed by atoms with Gasteiger partial charge in [-0.25, -0.2) is 0 Å². The van der Waals surface area contributed by atoms with E-state index in [1.807, 2.05) is 19.1 Å². The van der Waals surface area contributed by atoms with Gasteiger partial charge in [-0.1, -0.05) is 32.9 Å². The molecule has 0 aromatic heterocycles. The van der Waals surface area contributed by atoms with Crippen molar-refractivity contribution in [2.45, 2.75) is 128 Å². The Morgan fingerprint density at radius 3 is 1.94 bits per heavy atom. The Kier molecular flexibility index (Phi) is 12.4. The number of esters is 2. The van der Waals surface area contributed by atoms with Crippen molar-refractivity contribution in [1.29, 1.82) is 0 Å². The molecule has 16 heteroatoms. The van der Waals surface area contributed by atoms with Gasteiger partial charge in [0.1, 0.15) is 23.7 Å². The van der Waals surface area contributed by atoms with E-state index in [0.29, 0.717) is 50.7 Å². The van der Waals surface area contributed by atoms with Crippen molar-refractivity contribution >= 4 is 22.1 Å². The molecule has 0 amide bonds. The molecular weight excluding hydrogens is 698 g/mol. The van der Waals surface area contributed by atoms with Crippen molar-refractivity contribution in [2.24, 2.45) is 22.7 Å². The van der Waals surface area contributed by atoms with E-state index in [9.17, 15) is 49.5 Å². The third-order valence-corrected chi connectivity index (χ3v) is 11.1. The summed E-state index contributed by atoms with van der Waals surface area (Å²) in [7, 11) is -5.02. The third kappa shape index (κ3) is 10.3. The molecule has 4 aliphatic carbocycles. The number of hydrogen-bond acceptors (Lipinski definition) is 8. The SMILES string of the molecule is CCC(C)(C)C(=O)OC12CC3CC(C1)CC(C(=O)OC(CS(=O)(=O)O)C(F)(F)F)(C3)C2.CCC(C)c1ccc(OCC(C)(O)C(F)(F)F)cc1. The number of hydrogen-bond donors (Lipinski definition) is 2. The normalized spacial score (nSPS) is 27.3. The Balaban J connectivity index is 0.000000305. The average molecular weight is 747 g/mol. The summed E-state index contributed by atoms with van der Waals surface area (Å²) in [6.07, 6.45) is -8.67. The topological polar surface area (TPSA) is 136 Å². The summed E-state index contributed by atoms with van der Waals surface area (Å²) < 4.78 is 124. The fourth-order valence-electron chi connectivity index (χ4n) is 7.09. The molecule has 0 aliphatic heterocycles. The molecule has 286 valence electrons. The second-order valence-corrected chi connectivity index (χ2v) is 16.7. The zero-order valence-electron chi connectivity index (χ0n) is 29.1. The number of benzene rings is 1. The second kappa shape index (κ2) is 14.8. The number of aliphatic hydroxyl groups is 1. The van der Waals surface area contributed by atoms with Crippen LogP contribution in [0, 0.1) is 22.7 Å². The van der Waals surface area contributed by atoms with Gasteiger partial charge in [0.25, 0.3) is 10.1 Å². The summed E-state index contributed by atoms with van der Waals surface area (Å²) >= 11 is 0. The highest BCUT2D eigenvalue weighted by Crippen LogP contribution is 2.63. The molecule has 4 bridgehead atoms. The van der Waals surface area contributed by atoms with Crippen LogP contribution in [0.4, 0.5) is 26.3 Å². The van der Waals surface area contributed by atoms with Crippen molar-refractivity contribution in [3.63, 3.8) is 0 Å². The molecule has 2 N–H and O–H groups in total. The van der Waals surface area contributed by atoms with Crippen molar-refractivity contribution in [3.05, 3.63) is 29.8 Å². The third-order valence-electron chi connectivity index (χ3n) is 10.4. The van der Waals surface area contributed by atoms with Gasteiger partial charge >= 0.3 is 24.3 Å². The van der Waals surface area contributed by atoms with E-state index in [4.69, 9.17) is 14.0 Å². The Morgan fingerprint density at radius 2 is 1.50 bits per heavy atom. The van der Waals surface area contributed by atoms with Crippen LogP contribution in [0.1, 0.15) is 104 Å². The number of alkyl halides is 6. The van der Waals surface area contributed by atoms with Crippen LogP contribution in [0.25, 0.3) is 0 Å². The summed E-state index contributed by atoms with van der Waals surface area (Å²) in [4.78, 5) is 25.7. The molecule has 1 aromatic rings. The fourth-order valence-corrected chi connectivity index (χ4v) is 7.73. The standard InChI is InChI=1S/C20H29F3O7S.C14H19F3O2/c1-4-17(2,3)15(24)30-19-8-12-5-13(9-19)7-18(6-12,11-19)16(25)29-14(20(21,22)23)10-31(26,27)28;1-4-10(2)11-5-7-12(8-6-11)19-9-13(3,18)14(15,16)17/h12-14H,4-11H2,1-3H3,(H,26,27,28);5-8,10,18H,4,9H2,1-3H3. The van der Waals surface area contributed by atoms with E-state index < -0.39 is 74.9 Å². The van der Waals surface area contributed by atoms with Crippen molar-refractivity contribution in [2.75, 3.05) is 12.4 Å². The lowest BCUT2D eigenvalue weighted by Crippen LogP contribution is -2.61. The van der Waals surface area contributed by atoms with E-state index in [1.54, 1.807) is 26.0 Å². The van der Waals surface area contributed by atoms with E-state index in [-0.39, 0.29) is 18.3 Å². The number of halogens is 6. The van der Waals surface area contributed by atoms with Gasteiger partial charge in [-0.05, 0) is 101 Å². The molecule has 50 heavy (non-hydrogen) atoms. The van der Waals surface area contributed by atoms with E-state index in [2.05, 4.69) is 18.6 Å². The highest BCUT2D eigenvalue weighted by molar-refractivity contribution is 7.85. The van der Waals surface area contributed by atoms with E-state index in [0.717, 1.165) is 18.4 Å². The van der Waals surface area contributed by atoms with Gasteiger partial charge in [0.2, 0.25) is 6.10 Å². The van der Waals surface area contributed by atoms with Crippen LogP contribution in [0.2, 0.25) is 0 Å². The highest BCUT2D eigenvalue weighted by Gasteiger charge is 2.64. The Bertz CT molecular complexity index is 1440. The molecule has 0 spiro atoms. The molecule has 1 aromatic carbocycles. The largest absolute Gasteiger partial charge is 0.490 e. The highest BCUT2D eigenvalue weighted by atomic mass is 32.2. The van der Waals surface area contributed by atoms with Gasteiger partial charge in [-0.2, -0.15) is 34.8 Å². The summed E-state index contributed by atoms with van der Waals surface area (Å²) in [5, 5.41) is 9.24. The molecule has 0 radical (unpaired) electrons. The Hall–Kier alpha value is -2.59. The van der Waals surface area contributed by atoms with Crippen molar-refractivity contribution in [1.82, 2.24) is 0 Å². The minimum absolute atomic E-state index is 0.0113. The van der Waals surface area contributed by atoms with Crippen LogP contribution in [0.3, 0.4) is 0 Å². The van der Waals surface area contributed by atoms with Gasteiger partial charge in [0.05, 0.1) is 10.8 Å². The molecule has 0 saturated heterocycles. The summed E-state index contributed by atoms with van der Waals surface area (Å²) in [6.45, 7) is 9.37. The summed E-state index contributed by atoms with van der Waals surface area (Å²) in [5.74, 6) is -2.56. The Morgan fingerprint density at radius 1 is 0.960 bits per heavy atom. The van der Waals surface area contributed by atoms with Crippen LogP contribution < -0.4 is 4.74 Å². The molecular formula is C34H48F6O9S. The molecule has 5 rings (SSSR count). The molecule has 4 aliphatic rings. The van der Waals surface area contributed by atoms with Gasteiger partial charge in [0, 0.05) is 6.42 Å². The zero-order valence-corrected chi connectivity index (χ0v) is 29.9. The average Bonchev–Trinajstić information content (AvgIpc) is 2.97. The fraction of sp³-hybridized carbons (Fsp3) is 0.765. The molecule has 5 atom stereocenters. The lowest BCUT2D eigenvalue weighted by Gasteiger charge is -2.60. The number of carbonyl (C=O) groups excluding carboxylic acids is 2. The Labute approximate surface area is 289 Å². The monoisotopic (exact) mass is 746 g/mol. The van der Waals surface area contributed by atoms with Crippen molar-refractivity contribution < 1.29 is 68.2 Å². The predicted molar refractivity (Wildman–Crippen MR) is 170 cm³/mol. The van der Waals surface area contributed by atoms with Gasteiger partial charge in [-0.3, -0.25) is 14.1 Å². The van der Waals surface area contributed by atoms with Gasteiger partial charge in [-0.15, -0.1) is 0 Å². The lowest BCUT2D eigenvalue weighted by atomic mass is 9.48. The van der Waals surface area contributed by atoms with Crippen LogP contribution >= 0.6 is 0 Å². The van der Waals surface area contributed by atoms with Crippen LogP contribution in [0.5, 0.6) is 5.75 Å². The quantitative estimate of drug-likeness (QED) is 0.126. The van der Waals surface area contributed by atoms with Crippen LogP contribution in [-0.2, 0) is 29.2 Å². The van der Waals surface area contributed by atoms with Gasteiger partial charge in [0.15, 0.2) is 5.60 Å². The summed E-state index contributed by atoms with van der Waals surface area (Å²) in [6, 6.07) is 6.89. The number of rotatable bonds is 12. The van der Waals surface area contributed by atoms with E-state index >= 15 is 0 Å². The molecule has 0 heterocycles. The minimum Gasteiger partial charge on any atom is -0.490 e. The molecule has 4 fully saturated rings. The van der Waals surface area contributed by atoms with Crippen LogP contribution in [-0.4, -0.2) is 72.0 Å². The second-order valence-electron chi connectivity index (χ2n) is 15.2. The molecule has 9 nitrogen and oxygen atoms in total. The summed E-state index contributed by atoms with van der Waals surface area (Å²) in [5.41, 5.74) is -4.65. The first-order chi connectivity index (χ1) is 22.7. The minimum atomic E-state index is -5.15. The first kappa shape index (κ1) is 41.8. The molecule has 5 unspecified atom stereocenters. The first-order valence-electron chi connectivity index (χ1n) is 16.6. The predicted octanol–water partition coefficient (Wildman–Crippen LogP) is 7.56.